The third-order valence-electron chi connectivity index (χ3n) is 1.60. The van der Waals surface area contributed by atoms with Crippen molar-refractivity contribution >= 4 is 11.9 Å². The maximum atomic E-state index is 10.8. The Hall–Kier alpha value is -1.71. The van der Waals surface area contributed by atoms with Crippen LogP contribution in [0.2, 0.25) is 0 Å². The average molecular weight is 191 g/mol. The Balaban J connectivity index is 3.07. The van der Waals surface area contributed by atoms with Gasteiger partial charge in [0.1, 0.15) is 5.82 Å². The SMILES string of the molecule is Cc1nccc(C(C=O)=CN(C)C)n1. The van der Waals surface area contributed by atoms with E-state index in [0.717, 1.165) is 6.29 Å². The van der Waals surface area contributed by atoms with Gasteiger partial charge in [-0.05, 0) is 13.0 Å². The summed E-state index contributed by atoms with van der Waals surface area (Å²) in [7, 11) is 3.72. The van der Waals surface area contributed by atoms with Gasteiger partial charge < -0.3 is 4.90 Å². The predicted octanol–water partition coefficient (Wildman–Crippen LogP) is 0.886. The molecule has 0 atom stereocenters. The normalized spacial score (nSPS) is 11.2. The highest BCUT2D eigenvalue weighted by atomic mass is 16.1. The fourth-order valence-electron chi connectivity index (χ4n) is 1.05. The highest BCUT2D eigenvalue weighted by Gasteiger charge is 2.02. The largest absolute Gasteiger partial charge is 0.383 e. The summed E-state index contributed by atoms with van der Waals surface area (Å²) < 4.78 is 0. The van der Waals surface area contributed by atoms with Crippen LogP contribution in [0.4, 0.5) is 0 Å². The van der Waals surface area contributed by atoms with Gasteiger partial charge in [-0.15, -0.1) is 0 Å². The molecule has 0 saturated carbocycles. The second kappa shape index (κ2) is 4.50. The second-order valence-electron chi connectivity index (χ2n) is 3.15. The van der Waals surface area contributed by atoms with Gasteiger partial charge >= 0.3 is 0 Å². The van der Waals surface area contributed by atoms with E-state index in [-0.39, 0.29) is 0 Å². The molecule has 1 heterocycles. The van der Waals surface area contributed by atoms with Gasteiger partial charge in [-0.1, -0.05) is 0 Å². The van der Waals surface area contributed by atoms with Gasteiger partial charge in [-0.25, -0.2) is 9.97 Å². The lowest BCUT2D eigenvalue weighted by Gasteiger charge is -2.06. The summed E-state index contributed by atoms with van der Waals surface area (Å²) in [5.74, 6) is 0.661. The molecule has 1 aromatic rings. The Kier molecular flexibility index (Phi) is 3.34. The molecule has 0 amide bonds. The van der Waals surface area contributed by atoms with Crippen molar-refractivity contribution in [2.45, 2.75) is 6.92 Å². The number of allylic oxidation sites excluding steroid dienone is 1. The van der Waals surface area contributed by atoms with Gasteiger partial charge in [0, 0.05) is 26.5 Å². The third-order valence-corrected chi connectivity index (χ3v) is 1.60. The number of aldehydes is 1. The fourth-order valence-corrected chi connectivity index (χ4v) is 1.05. The van der Waals surface area contributed by atoms with Crippen LogP contribution in [0.15, 0.2) is 18.5 Å². The molecule has 4 nitrogen and oxygen atoms in total. The molecular formula is C10H13N3O. The summed E-state index contributed by atoms with van der Waals surface area (Å²) in [6.07, 6.45) is 4.17. The lowest BCUT2D eigenvalue weighted by molar-refractivity contribution is -0.103. The number of aromatic nitrogens is 2. The van der Waals surface area contributed by atoms with Crippen molar-refractivity contribution < 1.29 is 4.79 Å². The molecule has 0 fully saturated rings. The van der Waals surface area contributed by atoms with Crippen LogP contribution in [-0.2, 0) is 4.79 Å². The first-order valence-electron chi connectivity index (χ1n) is 4.27. The zero-order chi connectivity index (χ0) is 10.6. The van der Waals surface area contributed by atoms with Crippen LogP contribution in [0, 0.1) is 6.92 Å². The summed E-state index contributed by atoms with van der Waals surface area (Å²) in [4.78, 5) is 20.7. The van der Waals surface area contributed by atoms with Crippen molar-refractivity contribution in [1.82, 2.24) is 14.9 Å². The molecule has 0 aliphatic carbocycles. The molecule has 0 aliphatic rings. The molecule has 0 saturated heterocycles. The van der Waals surface area contributed by atoms with Gasteiger partial charge in [0.05, 0.1) is 11.3 Å². The molecule has 0 radical (unpaired) electrons. The smallest absolute Gasteiger partial charge is 0.153 e. The van der Waals surface area contributed by atoms with Crippen molar-refractivity contribution in [2.24, 2.45) is 0 Å². The average Bonchev–Trinajstić information content (AvgIpc) is 2.14. The highest BCUT2D eigenvalue weighted by molar-refractivity contribution is 6.05. The number of aryl methyl sites for hydroxylation is 1. The minimum atomic E-state index is 0.556. The molecule has 0 unspecified atom stereocenters. The molecule has 0 bridgehead atoms. The summed E-state index contributed by atoms with van der Waals surface area (Å²) in [5, 5.41) is 0. The number of carbonyl (C=O) groups is 1. The molecule has 0 spiro atoms. The third kappa shape index (κ3) is 2.65. The van der Waals surface area contributed by atoms with Gasteiger partial charge in [0.15, 0.2) is 6.29 Å². The number of carbonyl (C=O) groups excluding carboxylic acids is 1. The zero-order valence-electron chi connectivity index (χ0n) is 8.56. The molecule has 0 aliphatic heterocycles. The van der Waals surface area contributed by atoms with Crippen LogP contribution in [0.3, 0.4) is 0 Å². The summed E-state index contributed by atoms with van der Waals surface area (Å²) in [6.45, 7) is 1.79. The molecule has 4 heteroatoms. The van der Waals surface area contributed by atoms with E-state index in [1.807, 2.05) is 14.1 Å². The lowest BCUT2D eigenvalue weighted by Crippen LogP contribution is -2.04. The van der Waals surface area contributed by atoms with Gasteiger partial charge in [-0.2, -0.15) is 0 Å². The topological polar surface area (TPSA) is 46.1 Å². The van der Waals surface area contributed by atoms with E-state index in [2.05, 4.69) is 9.97 Å². The first-order chi connectivity index (χ1) is 6.63. The Labute approximate surface area is 83.3 Å². The zero-order valence-corrected chi connectivity index (χ0v) is 8.56. The molecular weight excluding hydrogens is 178 g/mol. The van der Waals surface area contributed by atoms with Gasteiger partial charge in [0.25, 0.3) is 0 Å². The van der Waals surface area contributed by atoms with E-state index >= 15 is 0 Å². The van der Waals surface area contributed by atoms with Crippen molar-refractivity contribution in [3.05, 3.63) is 30.0 Å². The maximum absolute atomic E-state index is 10.8. The van der Waals surface area contributed by atoms with E-state index in [1.54, 1.807) is 30.3 Å². The van der Waals surface area contributed by atoms with Crippen LogP contribution >= 0.6 is 0 Å². The van der Waals surface area contributed by atoms with Crippen LogP contribution in [-0.4, -0.2) is 35.2 Å². The van der Waals surface area contributed by atoms with E-state index < -0.39 is 0 Å². The van der Waals surface area contributed by atoms with Gasteiger partial charge in [0.2, 0.25) is 0 Å². The number of nitrogens with zero attached hydrogens (tertiary/aromatic N) is 3. The molecule has 0 aromatic carbocycles. The van der Waals surface area contributed by atoms with Crippen LogP contribution in [0.25, 0.3) is 5.57 Å². The van der Waals surface area contributed by atoms with Crippen LogP contribution < -0.4 is 0 Å². The molecule has 1 rings (SSSR count). The van der Waals surface area contributed by atoms with Crippen LogP contribution in [0.1, 0.15) is 11.5 Å². The first-order valence-corrected chi connectivity index (χ1v) is 4.27. The second-order valence-corrected chi connectivity index (χ2v) is 3.15. The number of hydrogen-bond donors (Lipinski definition) is 0. The lowest BCUT2D eigenvalue weighted by atomic mass is 10.2. The van der Waals surface area contributed by atoms with Gasteiger partial charge in [-0.3, -0.25) is 4.79 Å². The monoisotopic (exact) mass is 191 g/mol. The quantitative estimate of drug-likeness (QED) is 0.525. The fraction of sp³-hybridized carbons (Fsp3) is 0.300. The summed E-state index contributed by atoms with van der Waals surface area (Å²) in [5.41, 5.74) is 1.21. The van der Waals surface area contributed by atoms with Crippen molar-refractivity contribution in [2.75, 3.05) is 14.1 Å². The van der Waals surface area contributed by atoms with Crippen molar-refractivity contribution in [3.63, 3.8) is 0 Å². The molecule has 1 aromatic heterocycles. The molecule has 74 valence electrons. The summed E-state index contributed by atoms with van der Waals surface area (Å²) >= 11 is 0. The molecule has 14 heavy (non-hydrogen) atoms. The Morgan fingerprint density at radius 3 is 2.71 bits per heavy atom. The number of hydrogen-bond acceptors (Lipinski definition) is 4. The Morgan fingerprint density at radius 2 is 2.21 bits per heavy atom. The Bertz CT molecular complexity index is 358. The minimum absolute atomic E-state index is 0.556. The number of rotatable bonds is 3. The summed E-state index contributed by atoms with van der Waals surface area (Å²) in [6, 6.07) is 1.72. The van der Waals surface area contributed by atoms with Crippen molar-refractivity contribution in [3.8, 4) is 0 Å². The predicted molar refractivity (Wildman–Crippen MR) is 54.5 cm³/mol. The minimum Gasteiger partial charge on any atom is -0.383 e. The van der Waals surface area contributed by atoms with E-state index in [4.69, 9.17) is 0 Å². The van der Waals surface area contributed by atoms with E-state index in [9.17, 15) is 4.79 Å². The first kappa shape index (κ1) is 10.4. The highest BCUT2D eigenvalue weighted by Crippen LogP contribution is 2.08. The van der Waals surface area contributed by atoms with Crippen LogP contribution in [0.5, 0.6) is 0 Å². The molecule has 0 N–H and O–H groups in total. The van der Waals surface area contributed by atoms with E-state index in [1.165, 1.54) is 0 Å². The van der Waals surface area contributed by atoms with Crippen molar-refractivity contribution in [1.29, 1.82) is 0 Å². The maximum Gasteiger partial charge on any atom is 0.153 e. The standard InChI is InChI=1S/C10H13N3O/c1-8-11-5-4-10(12-8)9(7-14)6-13(2)3/h4-7H,1-3H3. The van der Waals surface area contributed by atoms with E-state index in [0.29, 0.717) is 17.1 Å². The Morgan fingerprint density at radius 1 is 1.50 bits per heavy atom.